The largest absolute Gasteiger partial charge is 0.443 e. The monoisotopic (exact) mass is 270 g/mol. The summed E-state index contributed by atoms with van der Waals surface area (Å²) in [7, 11) is 0. The lowest BCUT2D eigenvalue weighted by atomic mass is 10.1. The number of nitrogens with zero attached hydrogens (tertiary/aromatic N) is 2. The van der Waals surface area contributed by atoms with Crippen molar-refractivity contribution in [3.05, 3.63) is 0 Å². The summed E-state index contributed by atoms with van der Waals surface area (Å²) >= 11 is 0. The molecule has 4 heteroatoms. The second-order valence-corrected chi connectivity index (χ2v) is 5.97. The number of hydrogen-bond acceptors (Lipinski definition) is 3. The van der Waals surface area contributed by atoms with Gasteiger partial charge in [0.1, 0.15) is 5.60 Å². The standard InChI is InChI=1S/C15H30N2O2/c1-6-13(7-2)16-9-11-17(12-10-16)14(18)19-15(4,5)8-3/h13H,6-12H2,1-5H3. The molecule has 0 atom stereocenters. The van der Waals surface area contributed by atoms with Crippen LogP contribution in [0.5, 0.6) is 0 Å². The molecular weight excluding hydrogens is 240 g/mol. The number of carbonyl (C=O) groups is 1. The Kier molecular flexibility index (Phi) is 6.11. The maximum atomic E-state index is 12.1. The second-order valence-electron chi connectivity index (χ2n) is 5.97. The molecule has 0 radical (unpaired) electrons. The van der Waals surface area contributed by atoms with Gasteiger partial charge in [-0.25, -0.2) is 4.79 Å². The fraction of sp³-hybridized carbons (Fsp3) is 0.933. The Morgan fingerprint density at radius 2 is 1.63 bits per heavy atom. The topological polar surface area (TPSA) is 32.8 Å². The lowest BCUT2D eigenvalue weighted by Gasteiger charge is -2.39. The Hall–Kier alpha value is -0.770. The van der Waals surface area contributed by atoms with Crippen LogP contribution in [0, 0.1) is 0 Å². The zero-order chi connectivity index (χ0) is 14.5. The maximum Gasteiger partial charge on any atom is 0.410 e. The third-order valence-electron chi connectivity index (χ3n) is 4.25. The summed E-state index contributed by atoms with van der Waals surface area (Å²) in [6.45, 7) is 13.9. The van der Waals surface area contributed by atoms with Gasteiger partial charge in [-0.1, -0.05) is 20.8 Å². The Labute approximate surface area is 118 Å². The summed E-state index contributed by atoms with van der Waals surface area (Å²) < 4.78 is 5.54. The average Bonchev–Trinajstić information content (AvgIpc) is 2.40. The van der Waals surface area contributed by atoms with Crippen LogP contribution in [0.3, 0.4) is 0 Å². The van der Waals surface area contributed by atoms with Crippen molar-refractivity contribution in [2.45, 2.75) is 65.5 Å². The van der Waals surface area contributed by atoms with E-state index in [-0.39, 0.29) is 11.7 Å². The van der Waals surface area contributed by atoms with Gasteiger partial charge < -0.3 is 9.64 Å². The fourth-order valence-electron chi connectivity index (χ4n) is 2.45. The van der Waals surface area contributed by atoms with Crippen molar-refractivity contribution < 1.29 is 9.53 Å². The Morgan fingerprint density at radius 1 is 1.11 bits per heavy atom. The van der Waals surface area contributed by atoms with E-state index in [1.165, 1.54) is 12.8 Å². The molecule has 1 aliphatic heterocycles. The van der Waals surface area contributed by atoms with Crippen molar-refractivity contribution in [2.75, 3.05) is 26.2 Å². The fourth-order valence-corrected chi connectivity index (χ4v) is 2.45. The van der Waals surface area contributed by atoms with Crippen LogP contribution in [0.1, 0.15) is 53.9 Å². The molecule has 1 heterocycles. The quantitative estimate of drug-likeness (QED) is 0.769. The minimum atomic E-state index is -0.358. The smallest absolute Gasteiger partial charge is 0.410 e. The van der Waals surface area contributed by atoms with Crippen LogP contribution in [-0.2, 0) is 4.74 Å². The first-order valence-electron chi connectivity index (χ1n) is 7.65. The van der Waals surface area contributed by atoms with Crippen molar-refractivity contribution in [2.24, 2.45) is 0 Å². The molecule has 1 aliphatic rings. The third kappa shape index (κ3) is 4.68. The number of carbonyl (C=O) groups excluding carboxylic acids is 1. The zero-order valence-corrected chi connectivity index (χ0v) is 13.2. The molecule has 4 nitrogen and oxygen atoms in total. The van der Waals surface area contributed by atoms with Crippen LogP contribution in [0.25, 0.3) is 0 Å². The molecule has 1 fully saturated rings. The number of hydrogen-bond donors (Lipinski definition) is 0. The average molecular weight is 270 g/mol. The van der Waals surface area contributed by atoms with Gasteiger partial charge >= 0.3 is 6.09 Å². The molecule has 19 heavy (non-hydrogen) atoms. The van der Waals surface area contributed by atoms with Crippen molar-refractivity contribution in [3.63, 3.8) is 0 Å². The molecule has 1 saturated heterocycles. The molecule has 1 amide bonds. The number of ether oxygens (including phenoxy) is 1. The van der Waals surface area contributed by atoms with Gasteiger partial charge in [-0.2, -0.15) is 0 Å². The molecule has 112 valence electrons. The van der Waals surface area contributed by atoms with Crippen LogP contribution < -0.4 is 0 Å². The van der Waals surface area contributed by atoms with E-state index in [2.05, 4.69) is 18.7 Å². The minimum absolute atomic E-state index is 0.156. The van der Waals surface area contributed by atoms with E-state index in [1.54, 1.807) is 0 Å². The first-order chi connectivity index (χ1) is 8.93. The zero-order valence-electron chi connectivity index (χ0n) is 13.2. The van der Waals surface area contributed by atoms with Gasteiger partial charge in [-0.3, -0.25) is 4.90 Å². The molecule has 0 bridgehead atoms. The SMILES string of the molecule is CCC(CC)N1CCN(C(=O)OC(C)(C)CC)CC1. The first kappa shape index (κ1) is 16.3. The molecule has 1 rings (SSSR count). The first-order valence-corrected chi connectivity index (χ1v) is 7.65. The summed E-state index contributed by atoms with van der Waals surface area (Å²) in [6.07, 6.45) is 3.05. The predicted octanol–water partition coefficient (Wildman–Crippen LogP) is 3.12. The highest BCUT2D eigenvalue weighted by Crippen LogP contribution is 2.17. The highest BCUT2D eigenvalue weighted by molar-refractivity contribution is 5.68. The lowest BCUT2D eigenvalue weighted by molar-refractivity contribution is -0.000998. The van der Waals surface area contributed by atoms with Gasteiger partial charge in [0.25, 0.3) is 0 Å². The molecule has 0 aromatic rings. The third-order valence-corrected chi connectivity index (χ3v) is 4.25. The molecule has 0 aromatic carbocycles. The summed E-state index contributed by atoms with van der Waals surface area (Å²) in [5.41, 5.74) is -0.358. The van der Waals surface area contributed by atoms with E-state index in [0.29, 0.717) is 6.04 Å². The molecule has 0 N–H and O–H groups in total. The van der Waals surface area contributed by atoms with E-state index in [4.69, 9.17) is 4.74 Å². The van der Waals surface area contributed by atoms with Crippen molar-refractivity contribution in [3.8, 4) is 0 Å². The van der Waals surface area contributed by atoms with Crippen LogP contribution in [0.2, 0.25) is 0 Å². The highest BCUT2D eigenvalue weighted by Gasteiger charge is 2.28. The number of piperazine rings is 1. The van der Waals surface area contributed by atoms with E-state index >= 15 is 0 Å². The lowest BCUT2D eigenvalue weighted by Crippen LogP contribution is -2.52. The normalized spacial score (nSPS) is 17.9. The summed E-state index contributed by atoms with van der Waals surface area (Å²) in [4.78, 5) is 16.4. The Bertz CT molecular complexity index is 280. The Balaban J connectivity index is 2.43. The van der Waals surface area contributed by atoms with Crippen molar-refractivity contribution in [1.29, 1.82) is 0 Å². The molecule has 0 aliphatic carbocycles. The summed E-state index contributed by atoms with van der Waals surface area (Å²) in [5, 5.41) is 0. The van der Waals surface area contributed by atoms with E-state index in [9.17, 15) is 4.79 Å². The van der Waals surface area contributed by atoms with Crippen LogP contribution in [0.15, 0.2) is 0 Å². The summed E-state index contributed by atoms with van der Waals surface area (Å²) in [5.74, 6) is 0. The molecule has 0 spiro atoms. The molecular formula is C15H30N2O2. The second kappa shape index (κ2) is 7.13. The predicted molar refractivity (Wildman–Crippen MR) is 78.4 cm³/mol. The van der Waals surface area contributed by atoms with Gasteiger partial charge in [-0.15, -0.1) is 0 Å². The molecule has 0 unspecified atom stereocenters. The molecule has 0 saturated carbocycles. The van der Waals surface area contributed by atoms with Crippen LogP contribution >= 0.6 is 0 Å². The Morgan fingerprint density at radius 3 is 2.05 bits per heavy atom. The summed E-state index contributed by atoms with van der Waals surface area (Å²) in [6, 6.07) is 0.658. The van der Waals surface area contributed by atoms with E-state index in [1.807, 2.05) is 25.7 Å². The van der Waals surface area contributed by atoms with Crippen LogP contribution in [0.4, 0.5) is 4.79 Å². The van der Waals surface area contributed by atoms with Crippen molar-refractivity contribution in [1.82, 2.24) is 9.80 Å². The van der Waals surface area contributed by atoms with Gasteiger partial charge in [0.05, 0.1) is 0 Å². The highest BCUT2D eigenvalue weighted by atomic mass is 16.6. The van der Waals surface area contributed by atoms with Gasteiger partial charge in [0.2, 0.25) is 0 Å². The maximum absolute atomic E-state index is 12.1. The van der Waals surface area contributed by atoms with Gasteiger partial charge in [0, 0.05) is 32.2 Å². The van der Waals surface area contributed by atoms with E-state index < -0.39 is 0 Å². The van der Waals surface area contributed by atoms with E-state index in [0.717, 1.165) is 32.6 Å². The van der Waals surface area contributed by atoms with Crippen molar-refractivity contribution >= 4 is 6.09 Å². The van der Waals surface area contributed by atoms with Gasteiger partial charge in [0.15, 0.2) is 0 Å². The number of amides is 1. The van der Waals surface area contributed by atoms with Crippen LogP contribution in [-0.4, -0.2) is 53.7 Å². The minimum Gasteiger partial charge on any atom is -0.443 e. The number of rotatable bonds is 5. The molecule has 0 aromatic heterocycles. The van der Waals surface area contributed by atoms with Gasteiger partial charge in [-0.05, 0) is 33.1 Å².